The molecule has 0 atom stereocenters. The number of unbranched alkanes of at least 4 members (excludes halogenated alkanes) is 9. The molecular weight excluding hydrogens is 272 g/mol. The van der Waals surface area contributed by atoms with Gasteiger partial charge in [0.2, 0.25) is 0 Å². The van der Waals surface area contributed by atoms with Gasteiger partial charge in [-0.2, -0.15) is 0 Å². The summed E-state index contributed by atoms with van der Waals surface area (Å²) in [6.45, 7) is 4.21. The van der Waals surface area contributed by atoms with Crippen LogP contribution in [-0.4, -0.2) is 12.6 Å². The molecule has 0 heterocycles. The van der Waals surface area contributed by atoms with Crippen LogP contribution in [0.5, 0.6) is 0 Å². The van der Waals surface area contributed by atoms with Gasteiger partial charge in [-0.1, -0.05) is 69.8 Å². The lowest BCUT2D eigenvalue weighted by molar-refractivity contribution is -0.140. The molecule has 0 saturated heterocycles. The van der Waals surface area contributed by atoms with Gasteiger partial charge in [0.25, 0.3) is 0 Å². The van der Waals surface area contributed by atoms with Crippen molar-refractivity contribution in [2.75, 3.05) is 6.61 Å². The first-order valence-corrected chi connectivity index (χ1v) is 9.20. The van der Waals surface area contributed by atoms with Gasteiger partial charge in [0, 0.05) is 6.92 Å². The summed E-state index contributed by atoms with van der Waals surface area (Å²) in [5.41, 5.74) is 0. The zero-order valence-corrected chi connectivity index (χ0v) is 14.8. The van der Waals surface area contributed by atoms with Crippen molar-refractivity contribution >= 4 is 5.97 Å². The highest BCUT2D eigenvalue weighted by Crippen LogP contribution is 2.09. The largest absolute Gasteiger partial charge is 0.466 e. The fraction of sp³-hybridized carbons (Fsp3) is 0.750. The molecule has 0 aliphatic carbocycles. The second-order valence-corrected chi connectivity index (χ2v) is 5.91. The van der Waals surface area contributed by atoms with Crippen LogP contribution in [0, 0.1) is 0 Å². The molecule has 0 aromatic heterocycles. The molecule has 2 nitrogen and oxygen atoms in total. The third-order valence-corrected chi connectivity index (χ3v) is 3.64. The van der Waals surface area contributed by atoms with Crippen LogP contribution in [-0.2, 0) is 9.53 Å². The molecule has 0 fully saturated rings. The Morgan fingerprint density at radius 2 is 1.18 bits per heavy atom. The van der Waals surface area contributed by atoms with E-state index in [0.29, 0.717) is 6.61 Å². The minimum absolute atomic E-state index is 0.190. The Labute approximate surface area is 138 Å². The van der Waals surface area contributed by atoms with Crippen LogP contribution in [0.15, 0.2) is 24.3 Å². The van der Waals surface area contributed by atoms with Crippen LogP contribution in [0.4, 0.5) is 0 Å². The predicted molar refractivity (Wildman–Crippen MR) is 96.0 cm³/mol. The summed E-state index contributed by atoms with van der Waals surface area (Å²) in [6, 6.07) is 0. The van der Waals surface area contributed by atoms with Crippen LogP contribution in [0.25, 0.3) is 0 Å². The lowest BCUT2D eigenvalue weighted by Crippen LogP contribution is -1.98. The van der Waals surface area contributed by atoms with Gasteiger partial charge in [0.05, 0.1) is 6.61 Å². The van der Waals surface area contributed by atoms with Gasteiger partial charge in [-0.25, -0.2) is 0 Å². The summed E-state index contributed by atoms with van der Waals surface area (Å²) in [5, 5.41) is 0. The van der Waals surface area contributed by atoms with Crippen molar-refractivity contribution in [2.24, 2.45) is 0 Å². The molecule has 128 valence electrons. The van der Waals surface area contributed by atoms with E-state index in [0.717, 1.165) is 12.8 Å². The van der Waals surface area contributed by atoms with Crippen LogP contribution < -0.4 is 0 Å². The first-order valence-electron chi connectivity index (χ1n) is 9.20. The first-order chi connectivity index (χ1) is 10.8. The molecule has 0 unspecified atom stereocenters. The lowest BCUT2D eigenvalue weighted by Gasteiger charge is -2.00. The van der Waals surface area contributed by atoms with E-state index in [-0.39, 0.29) is 5.97 Å². The van der Waals surface area contributed by atoms with E-state index in [4.69, 9.17) is 4.74 Å². The molecule has 0 rings (SSSR count). The number of rotatable bonds is 15. The highest BCUT2D eigenvalue weighted by molar-refractivity contribution is 5.65. The average Bonchev–Trinajstić information content (AvgIpc) is 2.50. The number of carbonyl (C=O) groups is 1. The minimum Gasteiger partial charge on any atom is -0.466 e. The van der Waals surface area contributed by atoms with E-state index in [2.05, 4.69) is 31.2 Å². The number of allylic oxidation sites excluding steroid dienone is 3. The minimum atomic E-state index is -0.190. The smallest absolute Gasteiger partial charge is 0.302 e. The van der Waals surface area contributed by atoms with Crippen molar-refractivity contribution in [1.29, 1.82) is 0 Å². The molecule has 0 spiro atoms. The van der Waals surface area contributed by atoms with Crippen LogP contribution in [0.2, 0.25) is 0 Å². The normalized spacial score (nSPS) is 11.5. The summed E-state index contributed by atoms with van der Waals surface area (Å²) in [4.78, 5) is 10.6. The molecule has 0 N–H and O–H groups in total. The molecular formula is C20H36O2. The molecule has 0 aliphatic rings. The van der Waals surface area contributed by atoms with Gasteiger partial charge < -0.3 is 4.74 Å². The average molecular weight is 309 g/mol. The van der Waals surface area contributed by atoms with Crippen molar-refractivity contribution in [3.05, 3.63) is 24.3 Å². The topological polar surface area (TPSA) is 26.3 Å². The van der Waals surface area contributed by atoms with E-state index in [9.17, 15) is 4.79 Å². The first kappa shape index (κ1) is 20.9. The van der Waals surface area contributed by atoms with Crippen LogP contribution in [0.3, 0.4) is 0 Å². The Morgan fingerprint density at radius 3 is 1.68 bits per heavy atom. The maximum atomic E-state index is 10.6. The molecule has 0 saturated carbocycles. The van der Waals surface area contributed by atoms with Crippen molar-refractivity contribution in [1.82, 2.24) is 0 Å². The molecule has 0 radical (unpaired) electrons. The molecule has 0 aliphatic heterocycles. The van der Waals surface area contributed by atoms with Crippen molar-refractivity contribution < 1.29 is 9.53 Å². The van der Waals surface area contributed by atoms with E-state index < -0.39 is 0 Å². The summed E-state index contributed by atoms with van der Waals surface area (Å²) in [7, 11) is 0. The van der Waals surface area contributed by atoms with E-state index in [1.165, 1.54) is 71.1 Å². The maximum absolute atomic E-state index is 10.6. The fourth-order valence-electron chi connectivity index (χ4n) is 2.30. The standard InChI is InChI=1S/C20H36O2/c1-3-4-5-6-7-8-9-10-11-12-13-14-15-16-17-18-19-22-20(2)21/h6-7,16-17H,3-5,8-15,18-19H2,1-2H3/b7-6+,17-16-. The van der Waals surface area contributed by atoms with Gasteiger partial charge >= 0.3 is 5.97 Å². The SMILES string of the molecule is CCCC/C=C/CCCCCCCC/C=C\CCOC(C)=O. The highest BCUT2D eigenvalue weighted by atomic mass is 16.5. The monoisotopic (exact) mass is 308 g/mol. The van der Waals surface area contributed by atoms with Gasteiger partial charge in [-0.05, 0) is 38.5 Å². The predicted octanol–water partition coefficient (Wildman–Crippen LogP) is 6.36. The quantitative estimate of drug-likeness (QED) is 0.200. The van der Waals surface area contributed by atoms with Gasteiger partial charge in [0.15, 0.2) is 0 Å². The molecule has 0 amide bonds. The summed E-state index contributed by atoms with van der Waals surface area (Å²) >= 11 is 0. The molecule has 22 heavy (non-hydrogen) atoms. The highest BCUT2D eigenvalue weighted by Gasteiger charge is 1.91. The van der Waals surface area contributed by atoms with E-state index in [1.807, 2.05) is 0 Å². The van der Waals surface area contributed by atoms with Gasteiger partial charge in [-0.15, -0.1) is 0 Å². The Kier molecular flexibility index (Phi) is 17.1. The lowest BCUT2D eigenvalue weighted by atomic mass is 10.1. The van der Waals surface area contributed by atoms with Crippen molar-refractivity contribution in [3.63, 3.8) is 0 Å². The van der Waals surface area contributed by atoms with Crippen molar-refractivity contribution in [2.45, 2.75) is 90.9 Å². The fourth-order valence-corrected chi connectivity index (χ4v) is 2.30. The Balaban J connectivity index is 3.12. The van der Waals surface area contributed by atoms with E-state index in [1.54, 1.807) is 0 Å². The zero-order valence-electron chi connectivity index (χ0n) is 14.8. The van der Waals surface area contributed by atoms with Crippen LogP contribution >= 0.6 is 0 Å². The third kappa shape index (κ3) is 18.9. The maximum Gasteiger partial charge on any atom is 0.302 e. The second-order valence-electron chi connectivity index (χ2n) is 5.91. The zero-order chi connectivity index (χ0) is 16.3. The molecule has 0 bridgehead atoms. The van der Waals surface area contributed by atoms with E-state index >= 15 is 0 Å². The number of carbonyl (C=O) groups excluding carboxylic acids is 1. The number of hydrogen-bond acceptors (Lipinski definition) is 2. The second kappa shape index (κ2) is 18.0. The summed E-state index contributed by atoms with van der Waals surface area (Å²) < 4.78 is 4.87. The Hall–Kier alpha value is -1.05. The van der Waals surface area contributed by atoms with Crippen LogP contribution in [0.1, 0.15) is 90.9 Å². The molecule has 0 aromatic rings. The number of ether oxygens (including phenoxy) is 1. The summed E-state index contributed by atoms with van der Waals surface area (Å²) in [6.07, 6.45) is 24.2. The van der Waals surface area contributed by atoms with Gasteiger partial charge in [0.1, 0.15) is 0 Å². The third-order valence-electron chi connectivity index (χ3n) is 3.64. The Bertz CT molecular complexity index is 292. The van der Waals surface area contributed by atoms with Gasteiger partial charge in [-0.3, -0.25) is 4.79 Å². The molecule has 0 aromatic carbocycles. The molecule has 2 heteroatoms. The van der Waals surface area contributed by atoms with Crippen molar-refractivity contribution in [3.8, 4) is 0 Å². The Morgan fingerprint density at radius 1 is 0.727 bits per heavy atom. The summed E-state index contributed by atoms with van der Waals surface area (Å²) in [5.74, 6) is -0.190. The number of hydrogen-bond donors (Lipinski definition) is 0. The number of esters is 1.